The number of amides is 1. The van der Waals surface area contributed by atoms with Crippen LogP contribution in [0.4, 0.5) is 17.2 Å². The van der Waals surface area contributed by atoms with Gasteiger partial charge in [-0.25, -0.2) is 4.98 Å². The highest BCUT2D eigenvalue weighted by atomic mass is 16.5. The van der Waals surface area contributed by atoms with Crippen molar-refractivity contribution in [1.29, 1.82) is 0 Å². The van der Waals surface area contributed by atoms with E-state index in [4.69, 9.17) is 9.47 Å². The minimum absolute atomic E-state index is 0.0143. The number of hydrogen-bond donors (Lipinski definition) is 2. The van der Waals surface area contributed by atoms with Gasteiger partial charge in [0, 0.05) is 12.5 Å². The largest absolute Gasteiger partial charge is 0.497 e. The van der Waals surface area contributed by atoms with E-state index in [2.05, 4.69) is 22.5 Å². The molecule has 0 bridgehead atoms. The minimum atomic E-state index is -0.0143. The fraction of sp³-hybridized carbons (Fsp3) is 0.333. The fourth-order valence-electron chi connectivity index (χ4n) is 2.15. The van der Waals surface area contributed by atoms with Gasteiger partial charge in [-0.15, -0.1) is 0 Å². The van der Waals surface area contributed by atoms with Crippen LogP contribution in [0, 0.1) is 0 Å². The maximum absolute atomic E-state index is 11.7. The van der Waals surface area contributed by atoms with Crippen LogP contribution in [0.5, 0.6) is 11.5 Å². The third-order valence-electron chi connectivity index (χ3n) is 3.47. The number of methoxy groups -OCH3 is 2. The lowest BCUT2D eigenvalue weighted by atomic mass is 10.2. The van der Waals surface area contributed by atoms with Crippen molar-refractivity contribution in [3.63, 3.8) is 0 Å². The van der Waals surface area contributed by atoms with Crippen molar-refractivity contribution in [3.05, 3.63) is 36.5 Å². The van der Waals surface area contributed by atoms with E-state index in [1.807, 2.05) is 24.3 Å². The summed E-state index contributed by atoms with van der Waals surface area (Å²) in [5, 5.41) is 6.02. The van der Waals surface area contributed by atoms with E-state index in [-0.39, 0.29) is 5.91 Å². The Bertz CT molecular complexity index is 672. The zero-order chi connectivity index (χ0) is 17.4. The Labute approximate surface area is 142 Å². The van der Waals surface area contributed by atoms with Crippen molar-refractivity contribution in [2.75, 3.05) is 24.9 Å². The van der Waals surface area contributed by atoms with Crippen molar-refractivity contribution in [2.45, 2.75) is 26.2 Å². The average Bonchev–Trinajstić information content (AvgIpc) is 2.61. The summed E-state index contributed by atoms with van der Waals surface area (Å²) in [4.78, 5) is 16.0. The first kappa shape index (κ1) is 17.6. The molecule has 1 amide bonds. The summed E-state index contributed by atoms with van der Waals surface area (Å²) >= 11 is 0. The molecule has 0 atom stereocenters. The van der Waals surface area contributed by atoms with Crippen molar-refractivity contribution >= 4 is 23.1 Å². The molecule has 0 saturated carbocycles. The molecule has 0 spiro atoms. The third-order valence-corrected chi connectivity index (χ3v) is 3.47. The van der Waals surface area contributed by atoms with Gasteiger partial charge in [0.05, 0.1) is 31.8 Å². The number of unbranched alkanes of at least 4 members (excludes halogenated alkanes) is 1. The maximum Gasteiger partial charge on any atom is 0.225 e. The normalized spacial score (nSPS) is 10.1. The van der Waals surface area contributed by atoms with E-state index < -0.39 is 0 Å². The van der Waals surface area contributed by atoms with Gasteiger partial charge in [0.1, 0.15) is 17.3 Å². The van der Waals surface area contributed by atoms with Crippen LogP contribution < -0.4 is 20.1 Å². The summed E-state index contributed by atoms with van der Waals surface area (Å²) in [5.74, 6) is 1.96. The van der Waals surface area contributed by atoms with E-state index in [1.54, 1.807) is 26.5 Å². The van der Waals surface area contributed by atoms with Crippen molar-refractivity contribution in [3.8, 4) is 11.5 Å². The molecule has 1 aromatic carbocycles. The summed E-state index contributed by atoms with van der Waals surface area (Å²) in [6.07, 6.45) is 4.04. The van der Waals surface area contributed by atoms with Crippen LogP contribution in [0.3, 0.4) is 0 Å². The molecule has 0 aliphatic heterocycles. The lowest BCUT2D eigenvalue weighted by Gasteiger charge is -2.13. The van der Waals surface area contributed by atoms with Crippen LogP contribution >= 0.6 is 0 Å². The SMILES string of the molecule is CCCCC(=O)Nc1ccc(Nc2cc(OC)ccc2OC)cn1. The highest BCUT2D eigenvalue weighted by molar-refractivity contribution is 5.89. The second kappa shape index (κ2) is 8.76. The van der Waals surface area contributed by atoms with Gasteiger partial charge in [-0.05, 0) is 30.7 Å². The van der Waals surface area contributed by atoms with Crippen LogP contribution in [0.2, 0.25) is 0 Å². The van der Waals surface area contributed by atoms with Crippen molar-refractivity contribution in [2.24, 2.45) is 0 Å². The van der Waals surface area contributed by atoms with Gasteiger partial charge in [-0.1, -0.05) is 13.3 Å². The summed E-state index contributed by atoms with van der Waals surface area (Å²) in [6.45, 7) is 2.05. The molecular weight excluding hydrogens is 306 g/mol. The molecule has 0 aliphatic carbocycles. The third kappa shape index (κ3) is 4.87. The van der Waals surface area contributed by atoms with Crippen LogP contribution in [-0.2, 0) is 4.79 Å². The number of carbonyl (C=O) groups is 1. The molecule has 24 heavy (non-hydrogen) atoms. The summed E-state index contributed by atoms with van der Waals surface area (Å²) in [6, 6.07) is 9.12. The predicted molar refractivity (Wildman–Crippen MR) is 95.2 cm³/mol. The standard InChI is InChI=1S/C18H23N3O3/c1-4-5-6-18(22)21-17-10-7-13(12-19-17)20-15-11-14(23-2)8-9-16(15)24-3/h7-12,20H,4-6H2,1-3H3,(H,19,21,22). The molecule has 2 N–H and O–H groups in total. The van der Waals surface area contributed by atoms with E-state index in [9.17, 15) is 4.79 Å². The molecule has 6 nitrogen and oxygen atoms in total. The van der Waals surface area contributed by atoms with E-state index in [0.717, 1.165) is 30.0 Å². The number of hydrogen-bond acceptors (Lipinski definition) is 5. The second-order valence-corrected chi connectivity index (χ2v) is 5.28. The summed E-state index contributed by atoms with van der Waals surface area (Å²) < 4.78 is 10.6. The van der Waals surface area contributed by atoms with Gasteiger partial charge < -0.3 is 20.1 Å². The number of nitrogens with zero attached hydrogens (tertiary/aromatic N) is 1. The lowest BCUT2D eigenvalue weighted by molar-refractivity contribution is -0.116. The van der Waals surface area contributed by atoms with Crippen LogP contribution in [0.25, 0.3) is 0 Å². The molecule has 0 radical (unpaired) electrons. The molecular formula is C18H23N3O3. The summed E-state index contributed by atoms with van der Waals surface area (Å²) in [7, 11) is 3.23. The molecule has 2 rings (SSSR count). The van der Waals surface area contributed by atoms with Crippen LogP contribution in [0.1, 0.15) is 26.2 Å². The van der Waals surface area contributed by atoms with Gasteiger partial charge >= 0.3 is 0 Å². The first-order valence-corrected chi connectivity index (χ1v) is 7.91. The van der Waals surface area contributed by atoms with Gasteiger partial charge in [0.2, 0.25) is 5.91 Å². The Hall–Kier alpha value is -2.76. The number of anilines is 3. The Morgan fingerprint density at radius 1 is 1.17 bits per heavy atom. The number of aromatic nitrogens is 1. The first-order chi connectivity index (χ1) is 11.7. The van der Waals surface area contributed by atoms with Gasteiger partial charge in [-0.2, -0.15) is 0 Å². The number of benzene rings is 1. The summed E-state index contributed by atoms with van der Waals surface area (Å²) in [5.41, 5.74) is 1.56. The highest BCUT2D eigenvalue weighted by Gasteiger charge is 2.07. The van der Waals surface area contributed by atoms with E-state index >= 15 is 0 Å². The second-order valence-electron chi connectivity index (χ2n) is 5.28. The topological polar surface area (TPSA) is 72.5 Å². The molecule has 128 valence electrons. The number of ether oxygens (including phenoxy) is 2. The molecule has 0 fully saturated rings. The maximum atomic E-state index is 11.7. The van der Waals surface area contributed by atoms with Crippen molar-refractivity contribution in [1.82, 2.24) is 4.98 Å². The lowest BCUT2D eigenvalue weighted by Crippen LogP contribution is -2.12. The fourth-order valence-corrected chi connectivity index (χ4v) is 2.15. The zero-order valence-corrected chi connectivity index (χ0v) is 14.3. The molecule has 0 unspecified atom stereocenters. The Balaban J connectivity index is 2.05. The molecule has 1 aromatic heterocycles. The first-order valence-electron chi connectivity index (χ1n) is 7.91. The van der Waals surface area contributed by atoms with E-state index in [1.165, 1.54) is 0 Å². The zero-order valence-electron chi connectivity index (χ0n) is 14.3. The Morgan fingerprint density at radius 3 is 2.62 bits per heavy atom. The minimum Gasteiger partial charge on any atom is -0.497 e. The van der Waals surface area contributed by atoms with Crippen LogP contribution in [-0.4, -0.2) is 25.1 Å². The monoisotopic (exact) mass is 329 g/mol. The van der Waals surface area contributed by atoms with Gasteiger partial charge in [0.25, 0.3) is 0 Å². The number of pyridine rings is 1. The van der Waals surface area contributed by atoms with Gasteiger partial charge in [-0.3, -0.25) is 4.79 Å². The Kier molecular flexibility index (Phi) is 6.42. The average molecular weight is 329 g/mol. The number of nitrogens with one attached hydrogen (secondary N) is 2. The van der Waals surface area contributed by atoms with Gasteiger partial charge in [0.15, 0.2) is 0 Å². The Morgan fingerprint density at radius 2 is 2.00 bits per heavy atom. The van der Waals surface area contributed by atoms with Crippen LogP contribution in [0.15, 0.2) is 36.5 Å². The molecule has 0 saturated heterocycles. The predicted octanol–water partition coefficient (Wildman–Crippen LogP) is 3.97. The van der Waals surface area contributed by atoms with Crippen molar-refractivity contribution < 1.29 is 14.3 Å². The van der Waals surface area contributed by atoms with E-state index in [0.29, 0.717) is 18.0 Å². The number of carbonyl (C=O) groups excluding carboxylic acids is 1. The number of rotatable bonds is 8. The molecule has 0 aliphatic rings. The molecule has 1 heterocycles. The highest BCUT2D eigenvalue weighted by Crippen LogP contribution is 2.31. The smallest absolute Gasteiger partial charge is 0.225 e. The molecule has 6 heteroatoms. The quantitative estimate of drug-likeness (QED) is 0.766. The molecule has 2 aromatic rings.